The predicted octanol–water partition coefficient (Wildman–Crippen LogP) is 1.41. The lowest BCUT2D eigenvalue weighted by molar-refractivity contribution is -0.0577. The molecule has 0 aromatic heterocycles. The molecule has 0 atom stereocenters. The third-order valence-corrected chi connectivity index (χ3v) is 3.49. The zero-order chi connectivity index (χ0) is 8.44. The second kappa shape index (κ2) is 3.35. The number of hydrogen-bond donors (Lipinski definition) is 1. The number of ether oxygens (including phenoxy) is 1. The molecule has 2 rings (SSSR count). The first-order valence-electron chi connectivity index (χ1n) is 5.07. The summed E-state index contributed by atoms with van der Waals surface area (Å²) < 4.78 is 5.38. The third-order valence-electron chi connectivity index (χ3n) is 3.49. The molecule has 12 heavy (non-hydrogen) atoms. The fourth-order valence-electron chi connectivity index (χ4n) is 2.81. The lowest BCUT2D eigenvalue weighted by Gasteiger charge is -2.50. The van der Waals surface area contributed by atoms with Gasteiger partial charge in [-0.3, -0.25) is 0 Å². The first-order valence-corrected chi connectivity index (χ1v) is 5.07. The molecule has 70 valence electrons. The quantitative estimate of drug-likeness (QED) is 0.675. The van der Waals surface area contributed by atoms with E-state index in [9.17, 15) is 0 Å². The molecule has 0 unspecified atom stereocenters. The van der Waals surface area contributed by atoms with E-state index >= 15 is 0 Å². The number of rotatable bonds is 2. The number of nitrogens with one attached hydrogen (secondary N) is 1. The van der Waals surface area contributed by atoms with E-state index in [0.29, 0.717) is 5.41 Å². The molecule has 1 spiro atoms. The van der Waals surface area contributed by atoms with Crippen LogP contribution in [0.15, 0.2) is 0 Å². The highest BCUT2D eigenvalue weighted by molar-refractivity contribution is 4.95. The van der Waals surface area contributed by atoms with E-state index in [1.807, 2.05) is 0 Å². The Balaban J connectivity index is 1.77. The monoisotopic (exact) mass is 169 g/mol. The van der Waals surface area contributed by atoms with Gasteiger partial charge >= 0.3 is 0 Å². The summed E-state index contributed by atoms with van der Waals surface area (Å²) in [5.74, 6) is 0.952. The molecule has 1 N–H and O–H groups in total. The third kappa shape index (κ3) is 1.50. The van der Waals surface area contributed by atoms with Crippen LogP contribution in [0.5, 0.6) is 0 Å². The van der Waals surface area contributed by atoms with Crippen molar-refractivity contribution in [1.82, 2.24) is 5.32 Å². The first kappa shape index (κ1) is 8.52. The van der Waals surface area contributed by atoms with Gasteiger partial charge in [-0.05, 0) is 50.6 Å². The van der Waals surface area contributed by atoms with Crippen molar-refractivity contribution < 1.29 is 4.74 Å². The molecule has 1 aliphatic carbocycles. The van der Waals surface area contributed by atoms with E-state index < -0.39 is 0 Å². The van der Waals surface area contributed by atoms with Gasteiger partial charge in [-0.25, -0.2) is 0 Å². The molecular weight excluding hydrogens is 150 g/mol. The summed E-state index contributed by atoms with van der Waals surface area (Å²) in [5, 5.41) is 3.26. The second-order valence-corrected chi connectivity index (χ2v) is 4.44. The van der Waals surface area contributed by atoms with Crippen molar-refractivity contribution in [3.63, 3.8) is 0 Å². The summed E-state index contributed by atoms with van der Waals surface area (Å²) in [6.45, 7) is 3.22. The Morgan fingerprint density at radius 2 is 2.00 bits per heavy atom. The van der Waals surface area contributed by atoms with Gasteiger partial charge in [-0.2, -0.15) is 0 Å². The largest absolute Gasteiger partial charge is 0.381 e. The topological polar surface area (TPSA) is 21.3 Å². The average molecular weight is 169 g/mol. The zero-order valence-corrected chi connectivity index (χ0v) is 7.94. The van der Waals surface area contributed by atoms with Gasteiger partial charge in [0.15, 0.2) is 0 Å². The second-order valence-electron chi connectivity index (χ2n) is 4.44. The van der Waals surface area contributed by atoms with Crippen LogP contribution in [0.2, 0.25) is 0 Å². The molecule has 2 heteroatoms. The lowest BCUT2D eigenvalue weighted by Crippen LogP contribution is -2.44. The molecule has 2 nitrogen and oxygen atoms in total. The van der Waals surface area contributed by atoms with Gasteiger partial charge in [0.05, 0.1) is 0 Å². The molecular formula is C10H19NO. The van der Waals surface area contributed by atoms with Crippen molar-refractivity contribution in [2.75, 3.05) is 26.8 Å². The Hall–Kier alpha value is -0.0800. The normalized spacial score (nSPS) is 28.8. The van der Waals surface area contributed by atoms with Gasteiger partial charge in [0.2, 0.25) is 0 Å². The minimum absolute atomic E-state index is 0.708. The maximum absolute atomic E-state index is 5.38. The van der Waals surface area contributed by atoms with Gasteiger partial charge in [0.25, 0.3) is 0 Å². The Kier molecular flexibility index (Phi) is 2.37. The zero-order valence-electron chi connectivity index (χ0n) is 7.94. The van der Waals surface area contributed by atoms with Gasteiger partial charge in [0, 0.05) is 13.2 Å². The van der Waals surface area contributed by atoms with Crippen molar-refractivity contribution in [3.8, 4) is 0 Å². The highest BCUT2D eigenvalue weighted by Crippen LogP contribution is 2.51. The molecule has 0 radical (unpaired) electrons. The minimum atomic E-state index is 0.708. The summed E-state index contributed by atoms with van der Waals surface area (Å²) in [6.07, 6.45) is 5.51. The summed E-state index contributed by atoms with van der Waals surface area (Å²) in [6, 6.07) is 0. The smallest absolute Gasteiger partial charge is 0.0471 e. The van der Waals surface area contributed by atoms with E-state index in [-0.39, 0.29) is 0 Å². The highest BCUT2D eigenvalue weighted by Gasteiger charge is 2.44. The van der Waals surface area contributed by atoms with Crippen LogP contribution in [0.25, 0.3) is 0 Å². The maximum Gasteiger partial charge on any atom is 0.0471 e. The van der Waals surface area contributed by atoms with Crippen LogP contribution in [0.4, 0.5) is 0 Å². The predicted molar refractivity (Wildman–Crippen MR) is 49.1 cm³/mol. The highest BCUT2D eigenvalue weighted by atomic mass is 16.5. The molecule has 2 aliphatic rings. The molecule has 0 bridgehead atoms. The van der Waals surface area contributed by atoms with E-state index in [0.717, 1.165) is 19.1 Å². The SMILES string of the molecule is CNCC1CC2(CCOCC2)C1. The fourth-order valence-corrected chi connectivity index (χ4v) is 2.81. The molecule has 1 saturated carbocycles. The molecule has 2 fully saturated rings. The molecule has 0 amide bonds. The van der Waals surface area contributed by atoms with Crippen molar-refractivity contribution in [3.05, 3.63) is 0 Å². The van der Waals surface area contributed by atoms with Crippen molar-refractivity contribution in [1.29, 1.82) is 0 Å². The number of hydrogen-bond acceptors (Lipinski definition) is 2. The van der Waals surface area contributed by atoms with Gasteiger partial charge < -0.3 is 10.1 Å². The van der Waals surface area contributed by atoms with Gasteiger partial charge in [-0.1, -0.05) is 0 Å². The van der Waals surface area contributed by atoms with Crippen LogP contribution in [0.1, 0.15) is 25.7 Å². The average Bonchev–Trinajstić information content (AvgIpc) is 2.04. The van der Waals surface area contributed by atoms with Gasteiger partial charge in [-0.15, -0.1) is 0 Å². The van der Waals surface area contributed by atoms with E-state index in [4.69, 9.17) is 4.74 Å². The summed E-state index contributed by atoms with van der Waals surface area (Å²) >= 11 is 0. The van der Waals surface area contributed by atoms with Crippen LogP contribution in [-0.2, 0) is 4.74 Å². The molecule has 0 aromatic rings. The van der Waals surface area contributed by atoms with Crippen molar-refractivity contribution in [2.45, 2.75) is 25.7 Å². The van der Waals surface area contributed by atoms with E-state index in [1.54, 1.807) is 0 Å². The first-order chi connectivity index (χ1) is 5.85. The maximum atomic E-state index is 5.38. The van der Waals surface area contributed by atoms with E-state index in [1.165, 1.54) is 32.2 Å². The fraction of sp³-hybridized carbons (Fsp3) is 1.00. The van der Waals surface area contributed by atoms with Crippen LogP contribution in [0.3, 0.4) is 0 Å². The summed E-state index contributed by atoms with van der Waals surface area (Å²) in [5.41, 5.74) is 0.708. The van der Waals surface area contributed by atoms with Gasteiger partial charge in [0.1, 0.15) is 0 Å². The van der Waals surface area contributed by atoms with Crippen LogP contribution in [0, 0.1) is 11.3 Å². The molecule has 0 aromatic carbocycles. The Morgan fingerprint density at radius 3 is 2.58 bits per heavy atom. The summed E-state index contributed by atoms with van der Waals surface area (Å²) in [4.78, 5) is 0. The molecule has 1 aliphatic heterocycles. The lowest BCUT2D eigenvalue weighted by atomic mass is 9.58. The van der Waals surface area contributed by atoms with Crippen LogP contribution >= 0.6 is 0 Å². The Bertz CT molecular complexity index is 144. The van der Waals surface area contributed by atoms with Crippen LogP contribution < -0.4 is 5.32 Å². The standard InChI is InChI=1S/C10H19NO/c1-11-8-9-6-10(7-9)2-4-12-5-3-10/h9,11H,2-8H2,1H3. The van der Waals surface area contributed by atoms with Crippen molar-refractivity contribution in [2.24, 2.45) is 11.3 Å². The minimum Gasteiger partial charge on any atom is -0.381 e. The molecule has 1 heterocycles. The Morgan fingerprint density at radius 1 is 1.33 bits per heavy atom. The van der Waals surface area contributed by atoms with Crippen molar-refractivity contribution >= 4 is 0 Å². The van der Waals surface area contributed by atoms with E-state index in [2.05, 4.69) is 12.4 Å². The Labute approximate surface area is 74.7 Å². The molecule has 1 saturated heterocycles. The summed E-state index contributed by atoms with van der Waals surface area (Å²) in [7, 11) is 2.05. The van der Waals surface area contributed by atoms with Crippen LogP contribution in [-0.4, -0.2) is 26.8 Å².